The number of carbonyl (C=O) groups is 1. The van der Waals surface area contributed by atoms with Gasteiger partial charge in [-0.05, 0) is 36.8 Å². The summed E-state index contributed by atoms with van der Waals surface area (Å²) in [4.78, 5) is 14.7. The summed E-state index contributed by atoms with van der Waals surface area (Å²) in [5.41, 5.74) is 0.457. The Morgan fingerprint density at radius 1 is 1.14 bits per heavy atom. The first kappa shape index (κ1) is 20.2. The molecule has 0 spiro atoms. The van der Waals surface area contributed by atoms with Gasteiger partial charge in [-0.3, -0.25) is 4.79 Å². The van der Waals surface area contributed by atoms with Gasteiger partial charge in [0, 0.05) is 44.1 Å². The minimum absolute atomic E-state index is 0. The molecular weight excluding hydrogens is 400 g/mol. The fourth-order valence-electron chi connectivity index (χ4n) is 4.62. The van der Waals surface area contributed by atoms with Gasteiger partial charge < -0.3 is 14.8 Å². The molecule has 1 aromatic heterocycles. The van der Waals surface area contributed by atoms with E-state index in [1.54, 1.807) is 0 Å². The number of piperidine rings is 1. The standard InChI is InChI=1S/C20H23F2N5O.ClH/c21-13-1-2-14(17(22)9-13)15-10-16(15)20(28)26-6-3-12(4-7-26)19-25-24-18-11-23-5-8-27(18)19;/h1-2,9,12,15-16,23H,3-8,10-11H2;1H. The molecule has 6 nitrogen and oxygen atoms in total. The molecule has 156 valence electrons. The maximum atomic E-state index is 14.0. The van der Waals surface area contributed by atoms with Gasteiger partial charge in [-0.25, -0.2) is 8.78 Å². The maximum absolute atomic E-state index is 14.0. The van der Waals surface area contributed by atoms with E-state index < -0.39 is 11.6 Å². The predicted octanol–water partition coefficient (Wildman–Crippen LogP) is 2.59. The number of nitrogens with zero attached hydrogens (tertiary/aromatic N) is 4. The van der Waals surface area contributed by atoms with E-state index >= 15 is 0 Å². The number of rotatable bonds is 3. The summed E-state index contributed by atoms with van der Waals surface area (Å²) in [6.07, 6.45) is 2.39. The van der Waals surface area contributed by atoms with Crippen molar-refractivity contribution in [3.05, 3.63) is 47.0 Å². The van der Waals surface area contributed by atoms with E-state index in [2.05, 4.69) is 20.1 Å². The van der Waals surface area contributed by atoms with Gasteiger partial charge in [-0.15, -0.1) is 22.6 Å². The highest BCUT2D eigenvalue weighted by Gasteiger charge is 2.47. The molecule has 1 aromatic carbocycles. The van der Waals surface area contributed by atoms with E-state index in [0.29, 0.717) is 31.0 Å². The molecule has 3 heterocycles. The van der Waals surface area contributed by atoms with E-state index in [1.165, 1.54) is 12.1 Å². The second-order valence-corrected chi connectivity index (χ2v) is 8.02. The topological polar surface area (TPSA) is 63.1 Å². The van der Waals surface area contributed by atoms with E-state index in [-0.39, 0.29) is 30.2 Å². The van der Waals surface area contributed by atoms with Gasteiger partial charge in [0.1, 0.15) is 23.3 Å². The lowest BCUT2D eigenvalue weighted by Crippen LogP contribution is -2.40. The molecule has 2 atom stereocenters. The van der Waals surface area contributed by atoms with Crippen LogP contribution in [0.15, 0.2) is 18.2 Å². The molecule has 2 aromatic rings. The molecule has 2 unspecified atom stereocenters. The van der Waals surface area contributed by atoms with Crippen LogP contribution in [0.2, 0.25) is 0 Å². The van der Waals surface area contributed by atoms with Crippen molar-refractivity contribution in [2.45, 2.75) is 44.2 Å². The van der Waals surface area contributed by atoms with Crippen LogP contribution in [0.5, 0.6) is 0 Å². The average molecular weight is 424 g/mol. The van der Waals surface area contributed by atoms with Gasteiger partial charge in [0.15, 0.2) is 0 Å². The Morgan fingerprint density at radius 3 is 2.69 bits per heavy atom. The number of likely N-dealkylation sites (tertiary alicyclic amines) is 1. The second kappa shape index (κ2) is 7.99. The lowest BCUT2D eigenvalue weighted by Gasteiger charge is -2.32. The third-order valence-electron chi connectivity index (χ3n) is 6.29. The minimum Gasteiger partial charge on any atom is -0.342 e. The van der Waals surface area contributed by atoms with Crippen molar-refractivity contribution in [3.63, 3.8) is 0 Å². The van der Waals surface area contributed by atoms with Crippen molar-refractivity contribution >= 4 is 18.3 Å². The Balaban J connectivity index is 0.00000205. The fourth-order valence-corrected chi connectivity index (χ4v) is 4.62. The summed E-state index contributed by atoms with van der Waals surface area (Å²) in [6.45, 7) is 3.97. The zero-order valence-corrected chi connectivity index (χ0v) is 16.8. The van der Waals surface area contributed by atoms with Gasteiger partial charge in [0.2, 0.25) is 5.91 Å². The van der Waals surface area contributed by atoms with Crippen LogP contribution in [-0.4, -0.2) is 45.2 Å². The quantitative estimate of drug-likeness (QED) is 0.824. The molecule has 1 saturated carbocycles. The van der Waals surface area contributed by atoms with Gasteiger partial charge in [0.05, 0.1) is 6.54 Å². The van der Waals surface area contributed by atoms with Crippen LogP contribution in [0, 0.1) is 17.6 Å². The highest BCUT2D eigenvalue weighted by atomic mass is 35.5. The van der Waals surface area contributed by atoms with Crippen molar-refractivity contribution in [2.24, 2.45) is 5.92 Å². The lowest BCUT2D eigenvalue weighted by atomic mass is 9.95. The predicted molar refractivity (Wildman–Crippen MR) is 105 cm³/mol. The Hall–Kier alpha value is -2.06. The van der Waals surface area contributed by atoms with Gasteiger partial charge in [0.25, 0.3) is 0 Å². The molecular formula is C20H24ClF2N5O. The van der Waals surface area contributed by atoms with Crippen LogP contribution in [0.3, 0.4) is 0 Å². The Bertz CT molecular complexity index is 912. The van der Waals surface area contributed by atoms with E-state index in [1.807, 2.05) is 4.90 Å². The van der Waals surface area contributed by atoms with Gasteiger partial charge in [-0.1, -0.05) is 6.07 Å². The molecule has 1 aliphatic carbocycles. The normalized spacial score (nSPS) is 24.0. The largest absolute Gasteiger partial charge is 0.342 e. The number of aromatic nitrogens is 3. The Kier molecular flexibility index (Phi) is 5.57. The third-order valence-corrected chi connectivity index (χ3v) is 6.29. The number of nitrogens with one attached hydrogen (secondary N) is 1. The summed E-state index contributed by atoms with van der Waals surface area (Å²) in [5.74, 6) is 1.02. The van der Waals surface area contributed by atoms with Crippen LogP contribution < -0.4 is 5.32 Å². The van der Waals surface area contributed by atoms with Crippen LogP contribution in [0.25, 0.3) is 0 Å². The van der Waals surface area contributed by atoms with Crippen LogP contribution in [-0.2, 0) is 17.9 Å². The van der Waals surface area contributed by atoms with Crippen molar-refractivity contribution in [2.75, 3.05) is 19.6 Å². The van der Waals surface area contributed by atoms with Crippen LogP contribution in [0.4, 0.5) is 8.78 Å². The molecule has 29 heavy (non-hydrogen) atoms. The summed E-state index contributed by atoms with van der Waals surface area (Å²) < 4.78 is 29.3. The molecule has 1 saturated heterocycles. The second-order valence-electron chi connectivity index (χ2n) is 8.02. The molecule has 3 aliphatic rings. The zero-order chi connectivity index (χ0) is 19.3. The van der Waals surface area contributed by atoms with Crippen molar-refractivity contribution in [1.29, 1.82) is 0 Å². The molecule has 5 rings (SSSR count). The number of amides is 1. The highest BCUT2D eigenvalue weighted by molar-refractivity contribution is 5.85. The van der Waals surface area contributed by atoms with E-state index in [4.69, 9.17) is 0 Å². The van der Waals surface area contributed by atoms with Crippen LogP contribution >= 0.6 is 12.4 Å². The number of hydrogen-bond acceptors (Lipinski definition) is 4. The number of carbonyl (C=O) groups excluding carboxylic acids is 1. The van der Waals surface area contributed by atoms with Crippen molar-refractivity contribution < 1.29 is 13.6 Å². The van der Waals surface area contributed by atoms with E-state index in [9.17, 15) is 13.6 Å². The smallest absolute Gasteiger partial charge is 0.226 e. The number of fused-ring (bicyclic) bond motifs is 1. The Labute approximate surface area is 174 Å². The summed E-state index contributed by atoms with van der Waals surface area (Å²) >= 11 is 0. The molecule has 1 amide bonds. The average Bonchev–Trinajstić information content (AvgIpc) is 3.38. The maximum Gasteiger partial charge on any atom is 0.226 e. The molecule has 0 bridgehead atoms. The van der Waals surface area contributed by atoms with Crippen molar-refractivity contribution in [1.82, 2.24) is 25.0 Å². The van der Waals surface area contributed by atoms with Gasteiger partial charge in [-0.2, -0.15) is 0 Å². The van der Waals surface area contributed by atoms with Gasteiger partial charge >= 0.3 is 0 Å². The number of halogens is 3. The summed E-state index contributed by atoms with van der Waals surface area (Å²) in [6, 6.07) is 3.63. The summed E-state index contributed by atoms with van der Waals surface area (Å²) in [5, 5.41) is 12.0. The first-order chi connectivity index (χ1) is 13.6. The van der Waals surface area contributed by atoms with Crippen LogP contribution in [0.1, 0.15) is 48.3 Å². The molecule has 9 heteroatoms. The molecule has 2 aliphatic heterocycles. The zero-order valence-electron chi connectivity index (χ0n) is 16.0. The SMILES string of the molecule is Cl.O=C(C1CC1c1ccc(F)cc1F)N1CCC(c2nnc3n2CCNC3)CC1. The first-order valence-electron chi connectivity index (χ1n) is 9.98. The lowest BCUT2D eigenvalue weighted by molar-refractivity contribution is -0.133. The molecule has 1 N–H and O–H groups in total. The summed E-state index contributed by atoms with van der Waals surface area (Å²) in [7, 11) is 0. The Morgan fingerprint density at radius 2 is 1.93 bits per heavy atom. The van der Waals surface area contributed by atoms with Crippen molar-refractivity contribution in [3.8, 4) is 0 Å². The first-order valence-corrected chi connectivity index (χ1v) is 9.98. The third kappa shape index (κ3) is 3.75. The highest BCUT2D eigenvalue weighted by Crippen LogP contribution is 2.49. The number of hydrogen-bond donors (Lipinski definition) is 1. The number of benzene rings is 1. The molecule has 0 radical (unpaired) electrons. The minimum atomic E-state index is -0.585. The van der Waals surface area contributed by atoms with E-state index in [0.717, 1.165) is 50.2 Å². The monoisotopic (exact) mass is 423 g/mol. The molecule has 2 fully saturated rings. The fraction of sp³-hybridized carbons (Fsp3) is 0.550.